The highest BCUT2D eigenvalue weighted by molar-refractivity contribution is 6.34. The third-order valence-corrected chi connectivity index (χ3v) is 1.09. The molecule has 0 aromatic rings. The van der Waals surface area contributed by atoms with E-state index >= 15 is 0 Å². The highest BCUT2D eigenvalue weighted by Gasteiger charge is 1.97. The van der Waals surface area contributed by atoms with Gasteiger partial charge in [-0.2, -0.15) is 0 Å². The summed E-state index contributed by atoms with van der Waals surface area (Å²) in [5.41, 5.74) is 0.914. The van der Waals surface area contributed by atoms with E-state index in [-0.39, 0.29) is 5.71 Å². The van der Waals surface area contributed by atoms with Crippen LogP contribution < -0.4 is 0 Å². The molecule has 0 bridgehead atoms. The maximum Gasteiger partial charge on any atom is 0.349 e. The molecule has 1 N–H and O–H groups in total. The first kappa shape index (κ1) is 9.62. The quantitative estimate of drug-likeness (QED) is 0.494. The highest BCUT2D eigenvalue weighted by atomic mass is 16.4. The van der Waals surface area contributed by atoms with Crippen LogP contribution in [0.2, 0.25) is 0 Å². The molecular weight excluding hydrogens is 142 g/mol. The zero-order chi connectivity index (χ0) is 8.85. The lowest BCUT2D eigenvalue weighted by Crippen LogP contribution is -2.06. The number of hydrogen-bond acceptors (Lipinski definition) is 2. The second kappa shape index (κ2) is 4.44. The summed E-state index contributed by atoms with van der Waals surface area (Å²) in [5.74, 6) is -1.00. The molecule has 0 unspecified atom stereocenters. The lowest BCUT2D eigenvalue weighted by Gasteiger charge is -1.88. The average Bonchev–Trinajstić information content (AvgIpc) is 1.99. The number of allylic oxidation sites excluding steroid dienone is 2. The predicted molar refractivity (Wildman–Crippen MR) is 44.7 cm³/mol. The Bertz CT molecular complexity index is 226. The SMILES string of the molecule is C=C/C(C)=C\N=C(/C)C(=O)O. The first-order chi connectivity index (χ1) is 5.07. The Hall–Kier alpha value is -1.38. The first-order valence-corrected chi connectivity index (χ1v) is 3.15. The molecule has 0 rings (SSSR count). The van der Waals surface area contributed by atoms with Gasteiger partial charge in [0.1, 0.15) is 5.71 Å². The van der Waals surface area contributed by atoms with Crippen LogP contribution in [0.15, 0.2) is 29.4 Å². The van der Waals surface area contributed by atoms with E-state index in [1.54, 1.807) is 13.0 Å². The van der Waals surface area contributed by atoms with E-state index < -0.39 is 5.97 Å². The Morgan fingerprint density at radius 1 is 1.55 bits per heavy atom. The molecule has 0 fully saturated rings. The molecule has 0 aromatic carbocycles. The lowest BCUT2D eigenvalue weighted by molar-refractivity contribution is -0.129. The summed E-state index contributed by atoms with van der Waals surface area (Å²) in [6.07, 6.45) is 3.08. The maximum absolute atomic E-state index is 10.2. The van der Waals surface area contributed by atoms with Gasteiger partial charge in [0.2, 0.25) is 0 Å². The molecule has 0 radical (unpaired) electrons. The van der Waals surface area contributed by atoms with Gasteiger partial charge in [-0.1, -0.05) is 12.7 Å². The number of carbonyl (C=O) groups is 1. The van der Waals surface area contributed by atoms with Crippen molar-refractivity contribution in [2.45, 2.75) is 13.8 Å². The highest BCUT2D eigenvalue weighted by Crippen LogP contribution is 1.93. The fourth-order valence-electron chi connectivity index (χ4n) is 0.307. The standard InChI is InChI=1S/C8H11NO2/c1-4-6(2)5-9-7(3)8(10)11/h4-5H,1H2,2-3H3,(H,10,11)/b6-5-,9-7+. The summed E-state index contributed by atoms with van der Waals surface area (Å²) < 4.78 is 0. The van der Waals surface area contributed by atoms with E-state index in [1.165, 1.54) is 13.1 Å². The van der Waals surface area contributed by atoms with Gasteiger partial charge in [-0.05, 0) is 19.4 Å². The van der Waals surface area contributed by atoms with E-state index in [0.29, 0.717) is 0 Å². The van der Waals surface area contributed by atoms with Crippen LogP contribution in [0.25, 0.3) is 0 Å². The molecule has 0 atom stereocenters. The monoisotopic (exact) mass is 153 g/mol. The summed E-state index contributed by atoms with van der Waals surface area (Å²) in [5, 5.41) is 8.38. The van der Waals surface area contributed by atoms with Crippen molar-refractivity contribution >= 4 is 11.7 Å². The van der Waals surface area contributed by atoms with Gasteiger partial charge in [0.05, 0.1) is 0 Å². The predicted octanol–water partition coefficient (Wildman–Crippen LogP) is 1.62. The van der Waals surface area contributed by atoms with Crippen LogP contribution in [0.3, 0.4) is 0 Å². The van der Waals surface area contributed by atoms with Gasteiger partial charge in [0, 0.05) is 6.20 Å². The number of aliphatic carboxylic acids is 1. The fourth-order valence-corrected chi connectivity index (χ4v) is 0.307. The van der Waals surface area contributed by atoms with Crippen molar-refractivity contribution in [1.29, 1.82) is 0 Å². The first-order valence-electron chi connectivity index (χ1n) is 3.15. The summed E-state index contributed by atoms with van der Waals surface area (Å²) in [7, 11) is 0. The van der Waals surface area contributed by atoms with Crippen molar-refractivity contribution in [1.82, 2.24) is 0 Å². The van der Waals surface area contributed by atoms with Crippen LogP contribution in [0.1, 0.15) is 13.8 Å². The molecule has 0 saturated heterocycles. The Labute approximate surface area is 65.8 Å². The average molecular weight is 153 g/mol. The zero-order valence-corrected chi connectivity index (χ0v) is 6.66. The molecule has 0 aliphatic carbocycles. The second-order valence-corrected chi connectivity index (χ2v) is 2.10. The normalized spacial score (nSPS) is 12.9. The summed E-state index contributed by atoms with van der Waals surface area (Å²) in [6.45, 7) is 6.74. The summed E-state index contributed by atoms with van der Waals surface area (Å²) in [4.78, 5) is 13.9. The molecule has 0 aliphatic heterocycles. The van der Waals surface area contributed by atoms with Crippen molar-refractivity contribution in [2.24, 2.45) is 4.99 Å². The third kappa shape index (κ3) is 4.08. The molecule has 0 aromatic heterocycles. The molecule has 11 heavy (non-hydrogen) atoms. The van der Waals surface area contributed by atoms with E-state index in [2.05, 4.69) is 11.6 Å². The van der Waals surface area contributed by atoms with Crippen molar-refractivity contribution in [3.05, 3.63) is 24.4 Å². The van der Waals surface area contributed by atoms with Crippen molar-refractivity contribution in [2.75, 3.05) is 0 Å². The smallest absolute Gasteiger partial charge is 0.349 e. The second-order valence-electron chi connectivity index (χ2n) is 2.10. The number of aliphatic imine (C=N–C) groups is 1. The number of rotatable bonds is 3. The maximum atomic E-state index is 10.2. The topological polar surface area (TPSA) is 49.7 Å². The van der Waals surface area contributed by atoms with E-state index in [9.17, 15) is 4.79 Å². The van der Waals surface area contributed by atoms with Crippen LogP contribution >= 0.6 is 0 Å². The van der Waals surface area contributed by atoms with Gasteiger partial charge in [-0.25, -0.2) is 4.79 Å². The van der Waals surface area contributed by atoms with Crippen LogP contribution in [0.5, 0.6) is 0 Å². The van der Waals surface area contributed by atoms with E-state index in [0.717, 1.165) is 5.57 Å². The third-order valence-electron chi connectivity index (χ3n) is 1.09. The number of carboxylic acid groups (broad SMARTS) is 1. The molecule has 3 heteroatoms. The Morgan fingerprint density at radius 2 is 2.09 bits per heavy atom. The lowest BCUT2D eigenvalue weighted by atomic mass is 10.3. The van der Waals surface area contributed by atoms with Gasteiger partial charge >= 0.3 is 5.97 Å². The molecular formula is C8H11NO2. The van der Waals surface area contributed by atoms with Crippen molar-refractivity contribution in [3.8, 4) is 0 Å². The summed E-state index contributed by atoms with van der Waals surface area (Å²) >= 11 is 0. The Balaban J connectivity index is 4.34. The van der Waals surface area contributed by atoms with Crippen LogP contribution in [-0.4, -0.2) is 16.8 Å². The van der Waals surface area contributed by atoms with Crippen LogP contribution in [-0.2, 0) is 4.79 Å². The largest absolute Gasteiger partial charge is 0.477 e. The van der Waals surface area contributed by atoms with Gasteiger partial charge in [-0.3, -0.25) is 4.99 Å². The zero-order valence-electron chi connectivity index (χ0n) is 6.66. The van der Waals surface area contributed by atoms with Gasteiger partial charge in [0.25, 0.3) is 0 Å². The van der Waals surface area contributed by atoms with Gasteiger partial charge in [-0.15, -0.1) is 0 Å². The summed E-state index contributed by atoms with van der Waals surface area (Å²) in [6, 6.07) is 0. The van der Waals surface area contributed by atoms with E-state index in [4.69, 9.17) is 5.11 Å². The van der Waals surface area contributed by atoms with E-state index in [1.807, 2.05) is 0 Å². The van der Waals surface area contributed by atoms with Gasteiger partial charge in [0.15, 0.2) is 0 Å². The Morgan fingerprint density at radius 3 is 2.45 bits per heavy atom. The number of nitrogens with zero attached hydrogens (tertiary/aromatic N) is 1. The van der Waals surface area contributed by atoms with Gasteiger partial charge < -0.3 is 5.11 Å². The molecule has 3 nitrogen and oxygen atoms in total. The molecule has 0 saturated carbocycles. The number of carboxylic acids is 1. The van der Waals surface area contributed by atoms with Crippen LogP contribution in [0.4, 0.5) is 0 Å². The molecule has 0 spiro atoms. The molecule has 0 heterocycles. The Kier molecular flexibility index (Phi) is 3.88. The van der Waals surface area contributed by atoms with Crippen LogP contribution in [0, 0.1) is 0 Å². The minimum atomic E-state index is -1.00. The molecule has 0 aliphatic rings. The minimum Gasteiger partial charge on any atom is -0.477 e. The van der Waals surface area contributed by atoms with Crippen molar-refractivity contribution < 1.29 is 9.90 Å². The van der Waals surface area contributed by atoms with Crippen molar-refractivity contribution in [3.63, 3.8) is 0 Å². The minimum absolute atomic E-state index is 0.0752. The fraction of sp³-hybridized carbons (Fsp3) is 0.250. The molecule has 60 valence electrons. The molecule has 0 amide bonds. The number of hydrogen-bond donors (Lipinski definition) is 1.